The lowest BCUT2D eigenvalue weighted by molar-refractivity contribution is -0.120. The molecule has 120 valence electrons. The van der Waals surface area contributed by atoms with Crippen LogP contribution in [0.2, 0.25) is 0 Å². The van der Waals surface area contributed by atoms with Gasteiger partial charge in [-0.3, -0.25) is 4.79 Å². The van der Waals surface area contributed by atoms with Crippen LogP contribution in [0.1, 0.15) is 22.2 Å². The number of aliphatic hydroxyl groups is 1. The molecule has 1 aromatic carbocycles. The van der Waals surface area contributed by atoms with Gasteiger partial charge in [-0.05, 0) is 28.5 Å². The highest BCUT2D eigenvalue weighted by molar-refractivity contribution is 7.11. The molecule has 0 radical (unpaired) electrons. The number of carbonyl (C=O) groups excluding carboxylic acids is 1. The van der Waals surface area contributed by atoms with Crippen LogP contribution in [0.3, 0.4) is 0 Å². The van der Waals surface area contributed by atoms with E-state index in [4.69, 9.17) is 0 Å². The lowest BCUT2D eigenvalue weighted by Gasteiger charge is -2.29. The minimum absolute atomic E-state index is 0.000463. The number of hydrogen-bond acceptors (Lipinski definition) is 4. The second-order valence-corrected chi connectivity index (χ2v) is 7.82. The summed E-state index contributed by atoms with van der Waals surface area (Å²) in [7, 11) is 0. The molecule has 2 aromatic heterocycles. The predicted octanol–water partition coefficient (Wildman–Crippen LogP) is 4.83. The van der Waals surface area contributed by atoms with E-state index in [0.717, 1.165) is 20.9 Å². The molecule has 0 bridgehead atoms. The third-order valence-electron chi connectivity index (χ3n) is 4.62. The Labute approximate surface area is 148 Å². The Morgan fingerprint density at radius 2 is 1.67 bits per heavy atom. The SMILES string of the molecule is C[C@H]1C(=O)C(c2ccccc2)=C(c2cccs2)[C@]1(O)c1cccs1. The van der Waals surface area contributed by atoms with Gasteiger partial charge in [-0.15, -0.1) is 22.7 Å². The molecule has 2 atom stereocenters. The molecular weight excluding hydrogens is 336 g/mol. The molecule has 1 N–H and O–H groups in total. The lowest BCUT2D eigenvalue weighted by Crippen LogP contribution is -2.32. The number of thiophene rings is 2. The highest BCUT2D eigenvalue weighted by Crippen LogP contribution is 2.54. The van der Waals surface area contributed by atoms with E-state index >= 15 is 0 Å². The maximum absolute atomic E-state index is 13.1. The third kappa shape index (κ3) is 2.14. The molecule has 0 fully saturated rings. The summed E-state index contributed by atoms with van der Waals surface area (Å²) in [5, 5.41) is 15.6. The Balaban J connectivity index is 2.05. The first-order chi connectivity index (χ1) is 11.6. The average Bonchev–Trinajstić information content (AvgIpc) is 3.34. The van der Waals surface area contributed by atoms with Crippen molar-refractivity contribution in [2.24, 2.45) is 5.92 Å². The largest absolute Gasteiger partial charge is 0.379 e. The summed E-state index contributed by atoms with van der Waals surface area (Å²) >= 11 is 3.05. The number of rotatable bonds is 3. The van der Waals surface area contributed by atoms with Crippen molar-refractivity contribution in [3.63, 3.8) is 0 Å². The number of allylic oxidation sites excluding steroid dienone is 1. The molecule has 4 heteroatoms. The Kier molecular flexibility index (Phi) is 3.76. The summed E-state index contributed by atoms with van der Waals surface area (Å²) in [6.07, 6.45) is 0. The maximum atomic E-state index is 13.1. The first kappa shape index (κ1) is 15.5. The van der Waals surface area contributed by atoms with Crippen LogP contribution in [0.5, 0.6) is 0 Å². The quantitative estimate of drug-likeness (QED) is 0.733. The van der Waals surface area contributed by atoms with E-state index < -0.39 is 11.5 Å². The van der Waals surface area contributed by atoms with Crippen LogP contribution in [0.25, 0.3) is 11.1 Å². The summed E-state index contributed by atoms with van der Waals surface area (Å²) < 4.78 is 0. The van der Waals surface area contributed by atoms with Gasteiger partial charge in [0, 0.05) is 20.9 Å². The molecule has 0 spiro atoms. The fourth-order valence-electron chi connectivity index (χ4n) is 3.39. The van der Waals surface area contributed by atoms with E-state index in [1.165, 1.54) is 11.3 Å². The standard InChI is InChI=1S/C20H16O2S2/c1-13-19(21)17(14-7-3-2-4-8-14)18(15-9-5-11-23-15)20(13,22)16-10-6-12-24-16/h2-13,22H,1H3/t13-,20+/m0/s1. The van der Waals surface area contributed by atoms with E-state index in [1.54, 1.807) is 11.3 Å². The zero-order valence-electron chi connectivity index (χ0n) is 13.1. The van der Waals surface area contributed by atoms with Gasteiger partial charge in [0.05, 0.1) is 5.92 Å². The highest BCUT2D eigenvalue weighted by Gasteiger charge is 2.53. The minimum Gasteiger partial charge on any atom is -0.379 e. The van der Waals surface area contributed by atoms with Gasteiger partial charge in [-0.25, -0.2) is 0 Å². The van der Waals surface area contributed by atoms with E-state index in [-0.39, 0.29) is 5.78 Å². The molecule has 0 amide bonds. The Morgan fingerprint density at radius 3 is 2.29 bits per heavy atom. The van der Waals surface area contributed by atoms with Crippen LogP contribution in [0.15, 0.2) is 65.4 Å². The first-order valence-corrected chi connectivity index (χ1v) is 9.54. The molecule has 4 rings (SSSR count). The monoisotopic (exact) mass is 352 g/mol. The Bertz CT molecular complexity index is 893. The first-order valence-electron chi connectivity index (χ1n) is 7.78. The van der Waals surface area contributed by atoms with Crippen LogP contribution in [0, 0.1) is 5.92 Å². The molecule has 2 heterocycles. The smallest absolute Gasteiger partial charge is 0.170 e. The molecule has 1 aliphatic carbocycles. The average molecular weight is 352 g/mol. The summed E-state index contributed by atoms with van der Waals surface area (Å²) in [4.78, 5) is 14.9. The zero-order valence-corrected chi connectivity index (χ0v) is 14.7. The van der Waals surface area contributed by atoms with Gasteiger partial charge in [0.25, 0.3) is 0 Å². The molecule has 24 heavy (non-hydrogen) atoms. The number of hydrogen-bond donors (Lipinski definition) is 1. The molecular formula is C20H16O2S2. The molecule has 0 saturated carbocycles. The van der Waals surface area contributed by atoms with Crippen LogP contribution in [-0.2, 0) is 10.4 Å². The van der Waals surface area contributed by atoms with Gasteiger partial charge >= 0.3 is 0 Å². The Morgan fingerprint density at radius 1 is 0.958 bits per heavy atom. The summed E-state index contributed by atoms with van der Waals surface area (Å²) in [5.41, 5.74) is 0.969. The molecule has 3 aromatic rings. The van der Waals surface area contributed by atoms with Gasteiger partial charge in [-0.2, -0.15) is 0 Å². The maximum Gasteiger partial charge on any atom is 0.170 e. The number of Topliss-reactive ketones (excluding diaryl/α,β-unsaturated/α-hetero) is 1. The normalized spacial score (nSPS) is 23.9. The number of carbonyl (C=O) groups is 1. The van der Waals surface area contributed by atoms with E-state index in [2.05, 4.69) is 0 Å². The van der Waals surface area contributed by atoms with Crippen molar-refractivity contribution in [2.75, 3.05) is 0 Å². The third-order valence-corrected chi connectivity index (χ3v) is 6.51. The summed E-state index contributed by atoms with van der Waals surface area (Å²) in [5.74, 6) is -0.510. The highest BCUT2D eigenvalue weighted by atomic mass is 32.1. The van der Waals surface area contributed by atoms with Crippen LogP contribution in [-0.4, -0.2) is 10.9 Å². The van der Waals surface area contributed by atoms with Crippen molar-refractivity contribution < 1.29 is 9.90 Å². The summed E-state index contributed by atoms with van der Waals surface area (Å²) in [6, 6.07) is 17.4. The van der Waals surface area contributed by atoms with E-state index in [9.17, 15) is 9.90 Å². The van der Waals surface area contributed by atoms with E-state index in [1.807, 2.05) is 72.3 Å². The minimum atomic E-state index is -1.28. The lowest BCUT2D eigenvalue weighted by atomic mass is 9.84. The van der Waals surface area contributed by atoms with Gasteiger partial charge in [0.15, 0.2) is 5.78 Å². The fraction of sp³-hybridized carbons (Fsp3) is 0.150. The van der Waals surface area contributed by atoms with E-state index in [0.29, 0.717) is 5.57 Å². The molecule has 0 saturated heterocycles. The topological polar surface area (TPSA) is 37.3 Å². The van der Waals surface area contributed by atoms with Crippen LogP contribution < -0.4 is 0 Å². The molecule has 0 unspecified atom stereocenters. The van der Waals surface area contributed by atoms with Gasteiger partial charge in [-0.1, -0.05) is 49.4 Å². The van der Waals surface area contributed by atoms with Crippen molar-refractivity contribution in [3.05, 3.63) is 80.7 Å². The van der Waals surface area contributed by atoms with Crippen molar-refractivity contribution in [1.82, 2.24) is 0 Å². The van der Waals surface area contributed by atoms with Gasteiger partial charge in [0.2, 0.25) is 0 Å². The second kappa shape index (κ2) is 5.81. The van der Waals surface area contributed by atoms with Crippen molar-refractivity contribution in [3.8, 4) is 0 Å². The molecule has 0 aliphatic heterocycles. The van der Waals surface area contributed by atoms with Crippen LogP contribution >= 0.6 is 22.7 Å². The van der Waals surface area contributed by atoms with Gasteiger partial charge in [0.1, 0.15) is 5.60 Å². The molecule has 1 aliphatic rings. The van der Waals surface area contributed by atoms with Crippen LogP contribution in [0.4, 0.5) is 0 Å². The predicted molar refractivity (Wildman–Crippen MR) is 100.0 cm³/mol. The van der Waals surface area contributed by atoms with Crippen molar-refractivity contribution in [1.29, 1.82) is 0 Å². The number of ketones is 1. The number of benzene rings is 1. The Hall–Kier alpha value is -2.01. The van der Waals surface area contributed by atoms with Crippen molar-refractivity contribution in [2.45, 2.75) is 12.5 Å². The second-order valence-electron chi connectivity index (χ2n) is 5.92. The fourth-order valence-corrected chi connectivity index (χ4v) is 5.15. The van der Waals surface area contributed by atoms with Gasteiger partial charge < -0.3 is 5.11 Å². The summed E-state index contributed by atoms with van der Waals surface area (Å²) in [6.45, 7) is 1.82. The molecule has 2 nitrogen and oxygen atoms in total. The zero-order chi connectivity index (χ0) is 16.7. The van der Waals surface area contributed by atoms with Crippen molar-refractivity contribution >= 4 is 39.6 Å².